The molecule has 112 valence electrons. The molecule has 20 heavy (non-hydrogen) atoms. The third-order valence-electron chi connectivity index (χ3n) is 4.39. The van der Waals surface area contributed by atoms with Crippen LogP contribution in [0, 0.1) is 12.8 Å². The minimum absolute atomic E-state index is 0.617. The van der Waals surface area contributed by atoms with Crippen LogP contribution in [-0.4, -0.2) is 29.6 Å². The molecular formula is C16H28N4. The molecule has 1 aliphatic carbocycles. The summed E-state index contributed by atoms with van der Waals surface area (Å²) in [7, 11) is 2.18. The predicted octanol–water partition coefficient (Wildman–Crippen LogP) is 3.62. The fraction of sp³-hybridized carbons (Fsp3) is 0.750. The van der Waals surface area contributed by atoms with Gasteiger partial charge in [-0.25, -0.2) is 9.97 Å². The topological polar surface area (TPSA) is 41.1 Å². The first-order chi connectivity index (χ1) is 9.63. The van der Waals surface area contributed by atoms with E-state index in [0.29, 0.717) is 6.04 Å². The van der Waals surface area contributed by atoms with E-state index in [4.69, 9.17) is 0 Å². The second-order valence-corrected chi connectivity index (χ2v) is 6.13. The standard InChI is InChI=1S/C16H28N4/c1-5-9-17-15-13(3)16(19-11-18-15)20(4)14-8-6-7-12(2)10-14/h11-12,14H,5-10H2,1-4H3,(H,17,18,19). The van der Waals surface area contributed by atoms with Crippen LogP contribution >= 0.6 is 0 Å². The SMILES string of the molecule is CCCNc1ncnc(N(C)C2CCCC(C)C2)c1C. The van der Waals surface area contributed by atoms with E-state index in [0.717, 1.165) is 30.5 Å². The van der Waals surface area contributed by atoms with E-state index in [9.17, 15) is 0 Å². The number of hydrogen-bond donors (Lipinski definition) is 1. The summed E-state index contributed by atoms with van der Waals surface area (Å²) in [6, 6.07) is 0.617. The molecule has 1 N–H and O–H groups in total. The van der Waals surface area contributed by atoms with Gasteiger partial charge in [-0.15, -0.1) is 0 Å². The molecule has 4 nitrogen and oxygen atoms in total. The Bertz CT molecular complexity index is 432. The van der Waals surface area contributed by atoms with Crippen LogP contribution < -0.4 is 10.2 Å². The number of anilines is 2. The summed E-state index contributed by atoms with van der Waals surface area (Å²) >= 11 is 0. The number of nitrogens with zero attached hydrogens (tertiary/aromatic N) is 3. The molecule has 0 radical (unpaired) electrons. The lowest BCUT2D eigenvalue weighted by atomic mass is 9.86. The number of nitrogens with one attached hydrogen (secondary N) is 1. The molecule has 0 saturated heterocycles. The molecule has 1 aromatic rings. The van der Waals surface area contributed by atoms with Crippen LogP contribution in [0.5, 0.6) is 0 Å². The third kappa shape index (κ3) is 3.41. The Labute approximate surface area is 123 Å². The summed E-state index contributed by atoms with van der Waals surface area (Å²) in [6.07, 6.45) is 8.05. The molecular weight excluding hydrogens is 248 g/mol. The second kappa shape index (κ2) is 6.91. The lowest BCUT2D eigenvalue weighted by Crippen LogP contribution is -2.36. The van der Waals surface area contributed by atoms with Gasteiger partial charge in [0.25, 0.3) is 0 Å². The molecule has 2 rings (SSSR count). The average molecular weight is 276 g/mol. The largest absolute Gasteiger partial charge is 0.370 e. The molecule has 2 atom stereocenters. The maximum absolute atomic E-state index is 4.52. The molecule has 4 heteroatoms. The first-order valence-electron chi connectivity index (χ1n) is 7.91. The minimum atomic E-state index is 0.617. The fourth-order valence-electron chi connectivity index (χ4n) is 3.14. The summed E-state index contributed by atoms with van der Waals surface area (Å²) in [5.41, 5.74) is 1.17. The highest BCUT2D eigenvalue weighted by Gasteiger charge is 2.24. The third-order valence-corrected chi connectivity index (χ3v) is 4.39. The molecule has 1 aromatic heterocycles. The smallest absolute Gasteiger partial charge is 0.137 e. The van der Waals surface area contributed by atoms with Gasteiger partial charge in [0, 0.05) is 25.2 Å². The maximum Gasteiger partial charge on any atom is 0.137 e. The van der Waals surface area contributed by atoms with E-state index in [1.54, 1.807) is 6.33 Å². The number of hydrogen-bond acceptors (Lipinski definition) is 4. The molecule has 0 aromatic carbocycles. The predicted molar refractivity (Wildman–Crippen MR) is 85.4 cm³/mol. The second-order valence-electron chi connectivity index (χ2n) is 6.13. The monoisotopic (exact) mass is 276 g/mol. The van der Waals surface area contributed by atoms with E-state index in [1.807, 2.05) is 0 Å². The van der Waals surface area contributed by atoms with Crippen LogP contribution in [0.1, 0.15) is 51.5 Å². The molecule has 0 aliphatic heterocycles. The van der Waals surface area contributed by atoms with Crippen LogP contribution in [0.2, 0.25) is 0 Å². The lowest BCUT2D eigenvalue weighted by molar-refractivity contribution is 0.335. The van der Waals surface area contributed by atoms with Crippen molar-refractivity contribution in [2.75, 3.05) is 23.8 Å². The number of rotatable bonds is 5. The molecule has 1 heterocycles. The van der Waals surface area contributed by atoms with E-state index in [1.165, 1.54) is 31.2 Å². The first kappa shape index (κ1) is 15.1. The molecule has 1 aliphatic rings. The highest BCUT2D eigenvalue weighted by Crippen LogP contribution is 2.31. The lowest BCUT2D eigenvalue weighted by Gasteiger charge is -2.35. The Morgan fingerprint density at radius 1 is 1.35 bits per heavy atom. The summed E-state index contributed by atoms with van der Waals surface area (Å²) in [5, 5.41) is 3.39. The highest BCUT2D eigenvalue weighted by atomic mass is 15.2. The van der Waals surface area contributed by atoms with Gasteiger partial charge >= 0.3 is 0 Å². The fourth-order valence-corrected chi connectivity index (χ4v) is 3.14. The van der Waals surface area contributed by atoms with E-state index in [2.05, 4.69) is 48.0 Å². The van der Waals surface area contributed by atoms with Crippen molar-refractivity contribution in [2.45, 2.75) is 58.9 Å². The van der Waals surface area contributed by atoms with Gasteiger partial charge < -0.3 is 10.2 Å². The van der Waals surface area contributed by atoms with Gasteiger partial charge in [-0.05, 0) is 32.1 Å². The van der Waals surface area contributed by atoms with Crippen LogP contribution in [0.4, 0.5) is 11.6 Å². The van der Waals surface area contributed by atoms with Crippen molar-refractivity contribution in [3.63, 3.8) is 0 Å². The van der Waals surface area contributed by atoms with Crippen molar-refractivity contribution in [1.82, 2.24) is 9.97 Å². The Morgan fingerprint density at radius 3 is 2.85 bits per heavy atom. The maximum atomic E-state index is 4.52. The minimum Gasteiger partial charge on any atom is -0.370 e. The van der Waals surface area contributed by atoms with Crippen LogP contribution in [0.25, 0.3) is 0 Å². The van der Waals surface area contributed by atoms with Gasteiger partial charge in [0.2, 0.25) is 0 Å². The van der Waals surface area contributed by atoms with Crippen LogP contribution in [-0.2, 0) is 0 Å². The van der Waals surface area contributed by atoms with Crippen LogP contribution in [0.3, 0.4) is 0 Å². The molecule has 1 saturated carbocycles. The van der Waals surface area contributed by atoms with Crippen molar-refractivity contribution in [2.24, 2.45) is 5.92 Å². The molecule has 0 amide bonds. The zero-order chi connectivity index (χ0) is 14.5. The first-order valence-corrected chi connectivity index (χ1v) is 7.91. The summed E-state index contributed by atoms with van der Waals surface area (Å²) in [5.74, 6) is 2.89. The molecule has 1 fully saturated rings. The Morgan fingerprint density at radius 2 is 2.15 bits per heavy atom. The zero-order valence-electron chi connectivity index (χ0n) is 13.3. The van der Waals surface area contributed by atoms with E-state index < -0.39 is 0 Å². The van der Waals surface area contributed by atoms with Crippen molar-refractivity contribution in [3.8, 4) is 0 Å². The highest BCUT2D eigenvalue weighted by molar-refractivity contribution is 5.58. The van der Waals surface area contributed by atoms with Crippen molar-refractivity contribution in [3.05, 3.63) is 11.9 Å². The number of aromatic nitrogens is 2. The average Bonchev–Trinajstić information content (AvgIpc) is 2.45. The van der Waals surface area contributed by atoms with Gasteiger partial charge in [0.15, 0.2) is 0 Å². The summed E-state index contributed by atoms with van der Waals surface area (Å²) < 4.78 is 0. The quantitative estimate of drug-likeness (QED) is 0.891. The Balaban J connectivity index is 2.14. The molecule has 0 spiro atoms. The van der Waals surface area contributed by atoms with Gasteiger partial charge in [-0.2, -0.15) is 0 Å². The summed E-state index contributed by atoms with van der Waals surface area (Å²) in [6.45, 7) is 7.61. The Hall–Kier alpha value is -1.32. The van der Waals surface area contributed by atoms with Gasteiger partial charge in [0.1, 0.15) is 18.0 Å². The Kier molecular flexibility index (Phi) is 5.21. The van der Waals surface area contributed by atoms with Crippen LogP contribution in [0.15, 0.2) is 6.33 Å². The normalized spacial score (nSPS) is 22.6. The van der Waals surface area contributed by atoms with Gasteiger partial charge in [0.05, 0.1) is 0 Å². The van der Waals surface area contributed by atoms with E-state index in [-0.39, 0.29) is 0 Å². The van der Waals surface area contributed by atoms with Gasteiger partial charge in [-0.3, -0.25) is 0 Å². The molecule has 2 unspecified atom stereocenters. The van der Waals surface area contributed by atoms with Crippen molar-refractivity contribution in [1.29, 1.82) is 0 Å². The summed E-state index contributed by atoms with van der Waals surface area (Å²) in [4.78, 5) is 11.3. The van der Waals surface area contributed by atoms with Crippen molar-refractivity contribution >= 4 is 11.6 Å². The van der Waals surface area contributed by atoms with Gasteiger partial charge in [-0.1, -0.05) is 26.7 Å². The zero-order valence-corrected chi connectivity index (χ0v) is 13.3. The van der Waals surface area contributed by atoms with E-state index >= 15 is 0 Å². The van der Waals surface area contributed by atoms with Crippen molar-refractivity contribution < 1.29 is 0 Å². The molecule has 0 bridgehead atoms.